The molecule has 0 bridgehead atoms. The molecule has 0 spiro atoms. The van der Waals surface area contributed by atoms with E-state index in [0.29, 0.717) is 0 Å². The quantitative estimate of drug-likeness (QED) is 0.757. The van der Waals surface area contributed by atoms with E-state index < -0.39 is 0 Å². The fourth-order valence-corrected chi connectivity index (χ4v) is 2.79. The molecule has 1 aliphatic rings. The summed E-state index contributed by atoms with van der Waals surface area (Å²) < 4.78 is 3.13. The van der Waals surface area contributed by atoms with E-state index in [1.807, 2.05) is 22.9 Å². The minimum atomic E-state index is -0.237. The van der Waals surface area contributed by atoms with E-state index in [1.54, 1.807) is 0 Å². The molecule has 0 atom stereocenters. The highest BCUT2D eigenvalue weighted by molar-refractivity contribution is 14.1. The van der Waals surface area contributed by atoms with Crippen molar-refractivity contribution in [3.63, 3.8) is 0 Å². The van der Waals surface area contributed by atoms with E-state index in [0.717, 1.165) is 34.2 Å². The number of aromatic nitrogens is 2. The van der Waals surface area contributed by atoms with Gasteiger partial charge in [0.05, 0.1) is 17.7 Å². The smallest absolute Gasteiger partial charge is 0.137 e. The summed E-state index contributed by atoms with van der Waals surface area (Å²) in [5.74, 6) is 0. The second kappa shape index (κ2) is 3.45. The second-order valence-electron chi connectivity index (χ2n) is 4.27. The second-order valence-corrected chi connectivity index (χ2v) is 5.38. The van der Waals surface area contributed by atoms with Gasteiger partial charge in [-0.25, -0.2) is 4.98 Å². The van der Waals surface area contributed by atoms with E-state index in [4.69, 9.17) is 0 Å². The molecule has 0 saturated heterocycles. The fraction of sp³-hybridized carbons (Fsp3) is 0.333. The molecule has 0 radical (unpaired) electrons. The van der Waals surface area contributed by atoms with Crippen molar-refractivity contribution in [2.75, 3.05) is 0 Å². The van der Waals surface area contributed by atoms with E-state index in [9.17, 15) is 5.26 Å². The number of pyridine rings is 1. The van der Waals surface area contributed by atoms with E-state index in [-0.39, 0.29) is 5.41 Å². The van der Waals surface area contributed by atoms with Crippen molar-refractivity contribution in [3.8, 4) is 6.07 Å². The topological polar surface area (TPSA) is 41.1 Å². The lowest BCUT2D eigenvalue weighted by atomic mass is 9.66. The number of nitrogens with zero attached hydrogens (tertiary/aromatic N) is 3. The normalized spacial score (nSPS) is 18.0. The Hall–Kier alpha value is -1.09. The van der Waals surface area contributed by atoms with Crippen LogP contribution in [0.25, 0.3) is 5.65 Å². The highest BCUT2D eigenvalue weighted by Gasteiger charge is 2.39. The third-order valence-corrected chi connectivity index (χ3v) is 4.24. The van der Waals surface area contributed by atoms with Crippen LogP contribution in [0, 0.1) is 15.0 Å². The molecule has 2 aromatic rings. The lowest BCUT2D eigenvalue weighted by Crippen LogP contribution is -2.32. The Morgan fingerprint density at radius 3 is 2.94 bits per heavy atom. The third-order valence-electron chi connectivity index (χ3n) is 3.44. The maximum atomic E-state index is 9.29. The van der Waals surface area contributed by atoms with Gasteiger partial charge < -0.3 is 0 Å². The van der Waals surface area contributed by atoms with Gasteiger partial charge in [0, 0.05) is 6.20 Å². The summed E-state index contributed by atoms with van der Waals surface area (Å²) in [6, 6.07) is 6.56. The molecule has 0 aromatic carbocycles. The molecule has 1 saturated carbocycles. The van der Waals surface area contributed by atoms with Gasteiger partial charge in [-0.3, -0.25) is 4.40 Å². The van der Waals surface area contributed by atoms with Crippen molar-refractivity contribution in [2.24, 2.45) is 0 Å². The van der Waals surface area contributed by atoms with Crippen molar-refractivity contribution in [1.82, 2.24) is 9.38 Å². The Kier molecular flexibility index (Phi) is 2.18. The molecule has 1 aliphatic carbocycles. The van der Waals surface area contributed by atoms with Crippen LogP contribution in [0.3, 0.4) is 0 Å². The molecule has 0 aliphatic heterocycles. The number of halogens is 1. The minimum absolute atomic E-state index is 0.237. The summed E-state index contributed by atoms with van der Waals surface area (Å²) >= 11 is 2.25. The van der Waals surface area contributed by atoms with E-state index in [2.05, 4.69) is 39.7 Å². The predicted molar refractivity (Wildman–Crippen MR) is 69.1 cm³/mol. The summed E-state index contributed by atoms with van der Waals surface area (Å²) in [6.07, 6.45) is 6.98. The maximum absolute atomic E-state index is 9.29. The average molecular weight is 323 g/mol. The maximum Gasteiger partial charge on any atom is 0.137 e. The Bertz CT molecular complexity index is 590. The van der Waals surface area contributed by atoms with Gasteiger partial charge in [-0.2, -0.15) is 5.26 Å². The van der Waals surface area contributed by atoms with Gasteiger partial charge >= 0.3 is 0 Å². The number of hydrogen-bond donors (Lipinski definition) is 0. The van der Waals surface area contributed by atoms with Gasteiger partial charge in [-0.15, -0.1) is 0 Å². The minimum Gasteiger partial charge on any atom is -0.295 e. The first-order chi connectivity index (χ1) is 7.75. The number of fused-ring (bicyclic) bond motifs is 1. The summed E-state index contributed by atoms with van der Waals surface area (Å²) in [4.78, 5) is 4.33. The number of imidazole rings is 1. The molecule has 2 heterocycles. The molecule has 16 heavy (non-hydrogen) atoms. The van der Waals surface area contributed by atoms with Crippen LogP contribution >= 0.6 is 22.6 Å². The zero-order valence-electron chi connectivity index (χ0n) is 8.65. The number of rotatable bonds is 1. The van der Waals surface area contributed by atoms with Gasteiger partial charge in [0.15, 0.2) is 0 Å². The van der Waals surface area contributed by atoms with Crippen molar-refractivity contribution < 1.29 is 0 Å². The molecule has 2 aromatic heterocycles. The zero-order valence-corrected chi connectivity index (χ0v) is 10.8. The summed E-state index contributed by atoms with van der Waals surface area (Å²) in [6.45, 7) is 0. The van der Waals surface area contributed by atoms with Crippen LogP contribution in [-0.2, 0) is 5.41 Å². The molecule has 0 amide bonds. The number of nitriles is 1. The Morgan fingerprint density at radius 1 is 1.50 bits per heavy atom. The highest BCUT2D eigenvalue weighted by Crippen LogP contribution is 2.43. The molecular formula is C12H10IN3. The largest absolute Gasteiger partial charge is 0.295 e. The van der Waals surface area contributed by atoms with Crippen LogP contribution in [0.4, 0.5) is 0 Å². The summed E-state index contributed by atoms with van der Waals surface area (Å²) in [5.41, 5.74) is 1.82. The highest BCUT2D eigenvalue weighted by atomic mass is 127. The van der Waals surface area contributed by atoms with Crippen molar-refractivity contribution >= 4 is 28.2 Å². The molecule has 0 unspecified atom stereocenters. The Morgan fingerprint density at radius 2 is 2.31 bits per heavy atom. The standard InChI is InChI=1S/C12H10IN3/c13-10-7-15-11-6-9(2-5-16(10)11)12(8-14)3-1-4-12/h2,5-7H,1,3-4H2. The van der Waals surface area contributed by atoms with Crippen LogP contribution in [0.1, 0.15) is 24.8 Å². The Balaban J connectivity index is 2.16. The first-order valence-corrected chi connectivity index (χ1v) is 6.37. The van der Waals surface area contributed by atoms with Gasteiger partial charge in [0.2, 0.25) is 0 Å². The lowest BCUT2D eigenvalue weighted by Gasteiger charge is -2.35. The van der Waals surface area contributed by atoms with Crippen molar-refractivity contribution in [2.45, 2.75) is 24.7 Å². The van der Waals surface area contributed by atoms with Crippen LogP contribution < -0.4 is 0 Å². The lowest BCUT2D eigenvalue weighted by molar-refractivity contribution is 0.324. The van der Waals surface area contributed by atoms with E-state index >= 15 is 0 Å². The molecular weight excluding hydrogens is 313 g/mol. The molecule has 3 nitrogen and oxygen atoms in total. The van der Waals surface area contributed by atoms with Crippen molar-refractivity contribution in [1.29, 1.82) is 5.26 Å². The van der Waals surface area contributed by atoms with Gasteiger partial charge in [0.1, 0.15) is 9.35 Å². The van der Waals surface area contributed by atoms with Crippen molar-refractivity contribution in [3.05, 3.63) is 33.8 Å². The van der Waals surface area contributed by atoms with Crippen LogP contribution in [0.15, 0.2) is 24.5 Å². The predicted octanol–water partition coefficient (Wildman–Crippen LogP) is 2.88. The fourth-order valence-electron chi connectivity index (χ4n) is 2.24. The van der Waals surface area contributed by atoms with E-state index in [1.165, 1.54) is 0 Å². The third kappa shape index (κ3) is 1.27. The first kappa shape index (κ1) is 10.1. The molecule has 80 valence electrons. The van der Waals surface area contributed by atoms with Gasteiger partial charge in [-0.05, 0) is 59.5 Å². The van der Waals surface area contributed by atoms with Crippen LogP contribution in [0.2, 0.25) is 0 Å². The SMILES string of the molecule is N#CC1(c2ccn3c(I)cnc3c2)CCC1. The Labute approximate surface area is 107 Å². The average Bonchev–Trinajstić information content (AvgIpc) is 2.60. The van der Waals surface area contributed by atoms with Crippen LogP contribution in [0.5, 0.6) is 0 Å². The zero-order chi connectivity index (χ0) is 11.2. The summed E-state index contributed by atoms with van der Waals surface area (Å²) in [5, 5.41) is 9.29. The molecule has 3 rings (SSSR count). The monoisotopic (exact) mass is 323 g/mol. The number of hydrogen-bond acceptors (Lipinski definition) is 2. The van der Waals surface area contributed by atoms with Crippen LogP contribution in [-0.4, -0.2) is 9.38 Å². The van der Waals surface area contributed by atoms with Gasteiger partial charge in [0.25, 0.3) is 0 Å². The first-order valence-electron chi connectivity index (χ1n) is 5.29. The molecule has 0 N–H and O–H groups in total. The van der Waals surface area contributed by atoms with Gasteiger partial charge in [-0.1, -0.05) is 0 Å². The summed E-state index contributed by atoms with van der Waals surface area (Å²) in [7, 11) is 0. The molecule has 1 fully saturated rings. The molecule has 4 heteroatoms.